The van der Waals surface area contributed by atoms with Gasteiger partial charge in [-0.1, -0.05) is 23.7 Å². The van der Waals surface area contributed by atoms with Gasteiger partial charge in [0.15, 0.2) is 5.75 Å². The first-order chi connectivity index (χ1) is 13.5. The molecule has 0 spiro atoms. The second-order valence-corrected chi connectivity index (χ2v) is 7.60. The molecule has 8 heteroatoms. The maximum atomic E-state index is 12.5. The molecule has 7 nitrogen and oxygen atoms in total. The van der Waals surface area contributed by atoms with Gasteiger partial charge in [-0.25, -0.2) is 0 Å². The number of carbonyl (C=O) groups excluding carboxylic acids is 1. The van der Waals surface area contributed by atoms with E-state index in [1.807, 2.05) is 24.3 Å². The summed E-state index contributed by atoms with van der Waals surface area (Å²) in [6.45, 7) is 2.15. The molecular weight excluding hydrogens is 382 g/mol. The largest absolute Gasteiger partial charge is 0.491 e. The predicted molar refractivity (Wildman–Crippen MR) is 105 cm³/mol. The lowest BCUT2D eigenvalue weighted by atomic mass is 10.1. The third-order valence-corrected chi connectivity index (χ3v) is 5.59. The van der Waals surface area contributed by atoms with Crippen molar-refractivity contribution in [1.82, 2.24) is 15.2 Å². The summed E-state index contributed by atoms with van der Waals surface area (Å²) >= 11 is 5.96. The van der Waals surface area contributed by atoms with Gasteiger partial charge in [0, 0.05) is 42.5 Å². The van der Waals surface area contributed by atoms with Crippen LogP contribution in [0.5, 0.6) is 5.75 Å². The van der Waals surface area contributed by atoms with Gasteiger partial charge >= 0.3 is 0 Å². The van der Waals surface area contributed by atoms with Crippen LogP contribution in [-0.2, 0) is 4.74 Å². The topological polar surface area (TPSA) is 83.7 Å². The highest BCUT2D eigenvalue weighted by atomic mass is 35.5. The van der Waals surface area contributed by atoms with E-state index in [1.54, 1.807) is 0 Å². The fraction of sp³-hybridized carbons (Fsp3) is 0.400. The number of ether oxygens (including phenoxy) is 2. The third-order valence-electron chi connectivity index (χ3n) is 5.34. The molecule has 1 aromatic heterocycles. The van der Waals surface area contributed by atoms with Crippen LogP contribution in [0.2, 0.25) is 5.02 Å². The van der Waals surface area contributed by atoms with Gasteiger partial charge in [0.05, 0.1) is 19.8 Å². The first kappa shape index (κ1) is 19.0. The first-order valence-corrected chi connectivity index (χ1v) is 9.60. The van der Waals surface area contributed by atoms with Crippen molar-refractivity contribution in [2.45, 2.75) is 24.6 Å². The number of amides is 1. The summed E-state index contributed by atoms with van der Waals surface area (Å²) in [4.78, 5) is 29.5. The van der Waals surface area contributed by atoms with Gasteiger partial charge in [0.2, 0.25) is 5.43 Å². The Balaban J connectivity index is 1.37. The molecule has 0 radical (unpaired) electrons. The number of benzene rings is 1. The molecule has 1 amide bonds. The molecule has 2 fully saturated rings. The molecule has 1 aromatic carbocycles. The normalized spacial score (nSPS) is 24.6. The van der Waals surface area contributed by atoms with Crippen LogP contribution < -0.4 is 15.5 Å². The Bertz CT molecular complexity index is 914. The molecule has 0 bridgehead atoms. The summed E-state index contributed by atoms with van der Waals surface area (Å²) < 4.78 is 11.0. The fourth-order valence-corrected chi connectivity index (χ4v) is 4.00. The van der Waals surface area contributed by atoms with Gasteiger partial charge in [0.1, 0.15) is 5.69 Å². The second-order valence-electron chi connectivity index (χ2n) is 7.17. The van der Waals surface area contributed by atoms with Crippen LogP contribution >= 0.6 is 11.6 Å². The van der Waals surface area contributed by atoms with Gasteiger partial charge in [-0.05, 0) is 24.1 Å². The van der Waals surface area contributed by atoms with Crippen LogP contribution in [0.4, 0.5) is 0 Å². The van der Waals surface area contributed by atoms with Crippen molar-refractivity contribution < 1.29 is 14.3 Å². The smallest absolute Gasteiger partial charge is 0.268 e. The van der Waals surface area contributed by atoms with E-state index in [2.05, 4.69) is 15.2 Å². The van der Waals surface area contributed by atoms with Gasteiger partial charge < -0.3 is 19.8 Å². The minimum atomic E-state index is -0.325. The number of pyridine rings is 1. The molecule has 2 N–H and O–H groups in total. The van der Waals surface area contributed by atoms with Gasteiger partial charge in [-0.3, -0.25) is 14.5 Å². The summed E-state index contributed by atoms with van der Waals surface area (Å²) in [6.07, 6.45) is 2.22. The maximum Gasteiger partial charge on any atom is 0.268 e. The Morgan fingerprint density at radius 3 is 2.82 bits per heavy atom. The van der Waals surface area contributed by atoms with Crippen molar-refractivity contribution in [2.75, 3.05) is 26.8 Å². The van der Waals surface area contributed by atoms with Crippen molar-refractivity contribution in [3.8, 4) is 5.75 Å². The highest BCUT2D eigenvalue weighted by molar-refractivity contribution is 6.30. The van der Waals surface area contributed by atoms with E-state index in [0.29, 0.717) is 11.6 Å². The number of hydrogen-bond acceptors (Lipinski definition) is 5. The van der Waals surface area contributed by atoms with Crippen LogP contribution in [0, 0.1) is 0 Å². The van der Waals surface area contributed by atoms with Gasteiger partial charge in [0.25, 0.3) is 5.91 Å². The molecule has 2 aromatic rings. The number of hydrogen-bond donors (Lipinski definition) is 2. The molecule has 0 saturated carbocycles. The lowest BCUT2D eigenvalue weighted by molar-refractivity contribution is -0.0502. The fourth-order valence-electron chi connectivity index (χ4n) is 3.87. The zero-order chi connectivity index (χ0) is 19.7. The van der Waals surface area contributed by atoms with Crippen LogP contribution in [0.3, 0.4) is 0 Å². The molecule has 3 atom stereocenters. The summed E-state index contributed by atoms with van der Waals surface area (Å²) in [6, 6.07) is 9.27. The number of nitrogens with one attached hydrogen (secondary N) is 2. The number of rotatable bonds is 4. The number of carbonyl (C=O) groups is 1. The van der Waals surface area contributed by atoms with Gasteiger partial charge in [-0.15, -0.1) is 0 Å². The van der Waals surface area contributed by atoms with E-state index in [0.717, 1.165) is 25.1 Å². The van der Waals surface area contributed by atoms with E-state index in [4.69, 9.17) is 21.1 Å². The molecule has 4 rings (SSSR count). The number of aromatic amines is 1. The quantitative estimate of drug-likeness (QED) is 0.815. The number of halogens is 1. The Labute approximate surface area is 167 Å². The molecule has 2 saturated heterocycles. The van der Waals surface area contributed by atoms with Crippen molar-refractivity contribution in [1.29, 1.82) is 0 Å². The average molecular weight is 404 g/mol. The van der Waals surface area contributed by atoms with Crippen LogP contribution in [0.1, 0.15) is 28.6 Å². The second kappa shape index (κ2) is 7.95. The number of aromatic nitrogens is 1. The number of fused-ring (bicyclic) bond motifs is 1. The number of H-pyrrole nitrogens is 1. The van der Waals surface area contributed by atoms with Crippen LogP contribution in [0.25, 0.3) is 0 Å². The van der Waals surface area contributed by atoms with Crippen molar-refractivity contribution >= 4 is 17.5 Å². The SMILES string of the molecule is COc1c[nH]c(C(=O)N[C@@H]2C[C@H]3CO[C@@H](c4ccc(Cl)cc4)CN3C2)cc1=O. The van der Waals surface area contributed by atoms with Crippen LogP contribution in [0.15, 0.2) is 41.3 Å². The van der Waals surface area contributed by atoms with E-state index >= 15 is 0 Å². The minimum Gasteiger partial charge on any atom is -0.491 e. The Morgan fingerprint density at radius 2 is 2.11 bits per heavy atom. The standard InChI is InChI=1S/C20H22ClN3O4/c1-27-18-8-22-16(7-17(18)25)20(26)23-14-6-15-11-28-19(10-24(15)9-14)12-2-4-13(21)5-3-12/h2-5,7-8,14-15,19H,6,9-11H2,1H3,(H,22,25)(H,23,26)/t14-,15+,19-/m1/s1. The molecular formula is C20H22ClN3O4. The highest BCUT2D eigenvalue weighted by Gasteiger charge is 2.38. The van der Waals surface area contributed by atoms with Gasteiger partial charge in [-0.2, -0.15) is 0 Å². The summed E-state index contributed by atoms with van der Waals surface area (Å²) in [7, 11) is 1.42. The first-order valence-electron chi connectivity index (χ1n) is 9.22. The number of nitrogens with zero attached hydrogens (tertiary/aromatic N) is 1. The molecule has 148 valence electrons. The third kappa shape index (κ3) is 3.92. The van der Waals surface area contributed by atoms with Crippen molar-refractivity contribution in [3.63, 3.8) is 0 Å². The summed E-state index contributed by atoms with van der Waals surface area (Å²) in [5, 5.41) is 3.72. The summed E-state index contributed by atoms with van der Waals surface area (Å²) in [5.74, 6) is -0.111. The monoisotopic (exact) mass is 403 g/mol. The Hall–Kier alpha value is -2.35. The number of morpholine rings is 1. The summed E-state index contributed by atoms with van der Waals surface area (Å²) in [5.41, 5.74) is 1.01. The van der Waals surface area contributed by atoms with Crippen LogP contribution in [-0.4, -0.2) is 54.7 Å². The van der Waals surface area contributed by atoms with Crippen molar-refractivity contribution in [2.24, 2.45) is 0 Å². The predicted octanol–water partition coefficient (Wildman–Crippen LogP) is 1.98. The van der Waals surface area contributed by atoms with E-state index in [9.17, 15) is 9.59 Å². The molecule has 2 aliphatic rings. The maximum absolute atomic E-state index is 12.5. The lowest BCUT2D eigenvalue weighted by Gasteiger charge is -2.35. The zero-order valence-corrected chi connectivity index (χ0v) is 16.2. The van der Waals surface area contributed by atoms with E-state index < -0.39 is 0 Å². The molecule has 28 heavy (non-hydrogen) atoms. The Morgan fingerprint density at radius 1 is 1.32 bits per heavy atom. The minimum absolute atomic E-state index is 0.000844. The lowest BCUT2D eigenvalue weighted by Crippen LogP contribution is -2.43. The molecule has 0 unspecified atom stereocenters. The highest BCUT2D eigenvalue weighted by Crippen LogP contribution is 2.30. The molecule has 2 aliphatic heterocycles. The zero-order valence-electron chi connectivity index (χ0n) is 15.5. The van der Waals surface area contributed by atoms with E-state index in [-0.39, 0.29) is 41.0 Å². The Kier molecular flexibility index (Phi) is 5.39. The molecule has 0 aliphatic carbocycles. The van der Waals surface area contributed by atoms with E-state index in [1.165, 1.54) is 19.4 Å². The number of methoxy groups -OCH3 is 1. The molecule has 3 heterocycles. The average Bonchev–Trinajstić information content (AvgIpc) is 3.09. The van der Waals surface area contributed by atoms with Crippen molar-refractivity contribution in [3.05, 3.63) is 63.0 Å².